The lowest BCUT2D eigenvalue weighted by molar-refractivity contribution is 0.458. The summed E-state index contributed by atoms with van der Waals surface area (Å²) in [5.74, 6) is 0. The predicted octanol–water partition coefficient (Wildman–Crippen LogP) is 0.792. The monoisotopic (exact) mass is 276 g/mol. The summed E-state index contributed by atoms with van der Waals surface area (Å²) >= 11 is 0. The summed E-state index contributed by atoms with van der Waals surface area (Å²) in [6.45, 7) is 5.95. The molecule has 9 heteroatoms. The number of hydrogen-bond acceptors (Lipinski definition) is 5. The van der Waals surface area contributed by atoms with Gasteiger partial charge in [0, 0.05) is 0 Å². The predicted molar refractivity (Wildman–Crippen MR) is 59.0 cm³/mol. The van der Waals surface area contributed by atoms with Gasteiger partial charge in [-0.1, -0.05) is 6.92 Å². The molecule has 0 aromatic rings. The van der Waals surface area contributed by atoms with Gasteiger partial charge >= 0.3 is 0 Å². The van der Waals surface area contributed by atoms with Crippen molar-refractivity contribution < 1.29 is 25.3 Å². The van der Waals surface area contributed by atoms with E-state index in [0.29, 0.717) is 6.04 Å². The average molecular weight is 276 g/mol. The number of rotatable bonds is 5. The molecule has 6 nitrogen and oxygen atoms in total. The van der Waals surface area contributed by atoms with Gasteiger partial charge in [0.1, 0.15) is 0 Å². The zero-order valence-corrected chi connectivity index (χ0v) is 11.7. The third-order valence-corrected chi connectivity index (χ3v) is 9.54. The minimum absolute atomic E-state index is 0.532. The van der Waals surface area contributed by atoms with Gasteiger partial charge in [-0.2, -0.15) is 16.8 Å². The maximum atomic E-state index is 11.4. The molecule has 1 atom stereocenters. The van der Waals surface area contributed by atoms with Gasteiger partial charge in [-0.25, -0.2) is 0 Å². The van der Waals surface area contributed by atoms with E-state index in [1.165, 1.54) is 0 Å². The zero-order chi connectivity index (χ0) is 12.5. The van der Waals surface area contributed by atoms with Crippen LogP contribution in [0.4, 0.5) is 0 Å². The first-order valence-electron chi connectivity index (χ1n) is 4.33. The topological polar surface area (TPSA) is 97.7 Å². The Morgan fingerprint density at radius 2 is 1.67 bits per heavy atom. The van der Waals surface area contributed by atoms with E-state index in [1.807, 2.05) is 0 Å². The molecule has 0 bridgehead atoms. The highest BCUT2D eigenvalue weighted by atomic mass is 32.3. The SMILES string of the molecule is CC[Si](C)(C)OS(=O)(=O)C(C)S(=O)(=O)O. The van der Waals surface area contributed by atoms with Crippen LogP contribution in [0.1, 0.15) is 13.8 Å². The Bertz CT molecular complexity index is 409. The van der Waals surface area contributed by atoms with Gasteiger partial charge in [-0.05, 0) is 26.1 Å². The molecule has 0 aromatic heterocycles. The van der Waals surface area contributed by atoms with Crippen LogP contribution in [0.25, 0.3) is 0 Å². The van der Waals surface area contributed by atoms with Crippen molar-refractivity contribution >= 4 is 28.6 Å². The van der Waals surface area contributed by atoms with Crippen LogP contribution >= 0.6 is 0 Å². The van der Waals surface area contributed by atoms with Crippen molar-refractivity contribution in [2.75, 3.05) is 0 Å². The van der Waals surface area contributed by atoms with Crippen molar-refractivity contribution in [3.63, 3.8) is 0 Å². The van der Waals surface area contributed by atoms with Crippen LogP contribution in [0.2, 0.25) is 19.1 Å². The first-order chi connectivity index (χ1) is 6.42. The molecule has 0 rings (SSSR count). The molecule has 0 spiro atoms. The van der Waals surface area contributed by atoms with E-state index in [4.69, 9.17) is 8.42 Å². The molecule has 0 aliphatic rings. The first-order valence-corrected chi connectivity index (χ1v) is 10.4. The van der Waals surface area contributed by atoms with Crippen LogP contribution < -0.4 is 0 Å². The molecule has 92 valence electrons. The van der Waals surface area contributed by atoms with Gasteiger partial charge in [0.15, 0.2) is 0 Å². The van der Waals surface area contributed by atoms with Gasteiger partial charge in [0.25, 0.3) is 20.2 Å². The molecule has 0 aliphatic carbocycles. The molecule has 0 heterocycles. The summed E-state index contributed by atoms with van der Waals surface area (Å²) in [6.07, 6.45) is 0. The standard InChI is InChI=1S/C6H16O6S2Si/c1-5-15(3,4)12-14(10,11)6(2)13(7,8)9/h6H,5H2,1-4H3,(H,7,8,9). The third-order valence-electron chi connectivity index (χ3n) is 2.02. The van der Waals surface area contributed by atoms with Crippen molar-refractivity contribution in [2.45, 2.75) is 37.6 Å². The molecular formula is C6H16O6S2Si. The highest BCUT2D eigenvalue weighted by molar-refractivity contribution is 8.04. The maximum absolute atomic E-state index is 11.4. The molecule has 15 heavy (non-hydrogen) atoms. The van der Waals surface area contributed by atoms with E-state index in [0.717, 1.165) is 6.92 Å². The summed E-state index contributed by atoms with van der Waals surface area (Å²) in [5, 5.41) is 0. The molecular weight excluding hydrogens is 260 g/mol. The fraction of sp³-hybridized carbons (Fsp3) is 1.00. The van der Waals surface area contributed by atoms with E-state index in [2.05, 4.69) is 0 Å². The fourth-order valence-corrected chi connectivity index (χ4v) is 5.66. The van der Waals surface area contributed by atoms with Gasteiger partial charge < -0.3 is 3.87 Å². The molecule has 0 fully saturated rings. The van der Waals surface area contributed by atoms with Gasteiger partial charge in [0.05, 0.1) is 0 Å². The molecule has 0 radical (unpaired) electrons. The summed E-state index contributed by atoms with van der Waals surface area (Å²) in [6, 6.07) is 0.532. The normalized spacial score (nSPS) is 16.3. The smallest absolute Gasteiger partial charge is 0.284 e. The van der Waals surface area contributed by atoms with Crippen LogP contribution in [0.5, 0.6) is 0 Å². The Labute approximate surface area is 91.6 Å². The van der Waals surface area contributed by atoms with Crippen molar-refractivity contribution in [3.05, 3.63) is 0 Å². The molecule has 1 unspecified atom stereocenters. The van der Waals surface area contributed by atoms with Crippen LogP contribution in [0.15, 0.2) is 0 Å². The average Bonchev–Trinajstić information content (AvgIpc) is 1.99. The molecule has 0 aromatic carbocycles. The second-order valence-electron chi connectivity index (χ2n) is 3.77. The van der Waals surface area contributed by atoms with Crippen LogP contribution in [-0.4, -0.2) is 34.3 Å². The first kappa shape index (κ1) is 15.0. The van der Waals surface area contributed by atoms with Crippen LogP contribution in [0.3, 0.4) is 0 Å². The minimum Gasteiger partial charge on any atom is -0.314 e. The Morgan fingerprint density at radius 1 is 1.27 bits per heavy atom. The molecule has 0 saturated carbocycles. The Kier molecular flexibility index (Phi) is 4.51. The highest BCUT2D eigenvalue weighted by Crippen LogP contribution is 2.19. The van der Waals surface area contributed by atoms with Gasteiger partial charge in [-0.15, -0.1) is 0 Å². The Morgan fingerprint density at radius 3 is 1.93 bits per heavy atom. The summed E-state index contributed by atoms with van der Waals surface area (Å²) < 4.78 is 55.7. The van der Waals surface area contributed by atoms with E-state index < -0.39 is 33.1 Å². The highest BCUT2D eigenvalue weighted by Gasteiger charge is 2.37. The van der Waals surface area contributed by atoms with Gasteiger partial charge in [0.2, 0.25) is 12.9 Å². The van der Waals surface area contributed by atoms with Crippen LogP contribution in [0, 0.1) is 0 Å². The lowest BCUT2D eigenvalue weighted by Gasteiger charge is -2.21. The van der Waals surface area contributed by atoms with Crippen molar-refractivity contribution in [2.24, 2.45) is 0 Å². The molecule has 0 amide bonds. The van der Waals surface area contributed by atoms with E-state index in [1.54, 1.807) is 20.0 Å². The Balaban J connectivity index is 5.04. The summed E-state index contributed by atoms with van der Waals surface area (Å²) in [4.78, 5) is 0. The maximum Gasteiger partial charge on any atom is 0.284 e. The number of hydrogen-bond donors (Lipinski definition) is 1. The third kappa shape index (κ3) is 4.60. The molecule has 1 N–H and O–H groups in total. The van der Waals surface area contributed by atoms with E-state index in [-0.39, 0.29) is 0 Å². The second kappa shape index (κ2) is 4.50. The van der Waals surface area contributed by atoms with Crippen LogP contribution in [-0.2, 0) is 24.1 Å². The lowest BCUT2D eigenvalue weighted by atomic mass is 11.0. The van der Waals surface area contributed by atoms with E-state index in [9.17, 15) is 16.8 Å². The lowest BCUT2D eigenvalue weighted by Crippen LogP contribution is -2.38. The van der Waals surface area contributed by atoms with Crippen molar-refractivity contribution in [3.8, 4) is 0 Å². The fourth-order valence-electron chi connectivity index (χ4n) is 0.590. The summed E-state index contributed by atoms with van der Waals surface area (Å²) in [5.41, 5.74) is 0. The Hall–Kier alpha value is 0.0369. The molecule has 0 aliphatic heterocycles. The largest absolute Gasteiger partial charge is 0.314 e. The second-order valence-corrected chi connectivity index (χ2v) is 12.4. The minimum atomic E-state index is -4.63. The quantitative estimate of drug-likeness (QED) is 0.589. The molecule has 0 saturated heterocycles. The van der Waals surface area contributed by atoms with Crippen molar-refractivity contribution in [1.82, 2.24) is 0 Å². The zero-order valence-electron chi connectivity index (χ0n) is 9.09. The van der Waals surface area contributed by atoms with Gasteiger partial charge in [-0.3, -0.25) is 4.55 Å². The summed E-state index contributed by atoms with van der Waals surface area (Å²) in [7, 11) is -11.3. The van der Waals surface area contributed by atoms with E-state index >= 15 is 0 Å². The van der Waals surface area contributed by atoms with Crippen molar-refractivity contribution in [1.29, 1.82) is 0 Å².